The second kappa shape index (κ2) is 5.93. The van der Waals surface area contributed by atoms with Gasteiger partial charge in [0.1, 0.15) is 11.8 Å². The van der Waals surface area contributed by atoms with Crippen molar-refractivity contribution in [2.45, 2.75) is 25.3 Å². The summed E-state index contributed by atoms with van der Waals surface area (Å²) in [5.41, 5.74) is 7.57. The lowest BCUT2D eigenvalue weighted by atomic mass is 10.0. The van der Waals surface area contributed by atoms with Gasteiger partial charge in [-0.3, -0.25) is 4.79 Å². The number of nitrogens with two attached hydrogens (primary N) is 1. The molecular weight excluding hydrogens is 244 g/mol. The average Bonchev–Trinajstić information content (AvgIpc) is 2.92. The molecule has 1 unspecified atom stereocenters. The molecule has 0 bridgehead atoms. The lowest BCUT2D eigenvalue weighted by molar-refractivity contribution is -0.138. The SMILES string of the molecule is COc1ccc(N2CCCC2)cc1CC(N)C(=O)O. The van der Waals surface area contributed by atoms with Crippen LogP contribution in [0.3, 0.4) is 0 Å². The van der Waals surface area contributed by atoms with E-state index in [0.29, 0.717) is 5.75 Å². The molecule has 1 aliphatic heterocycles. The minimum absolute atomic E-state index is 0.278. The molecular formula is C14H20N2O3. The Bertz CT molecular complexity index is 456. The van der Waals surface area contributed by atoms with Crippen molar-refractivity contribution in [2.75, 3.05) is 25.1 Å². The van der Waals surface area contributed by atoms with E-state index in [-0.39, 0.29) is 6.42 Å². The lowest BCUT2D eigenvalue weighted by Gasteiger charge is -2.20. The fourth-order valence-electron chi connectivity index (χ4n) is 2.42. The summed E-state index contributed by atoms with van der Waals surface area (Å²) in [5, 5.41) is 8.91. The number of ether oxygens (including phenoxy) is 1. The minimum Gasteiger partial charge on any atom is -0.496 e. The number of carboxylic acids is 1. The van der Waals surface area contributed by atoms with Crippen LogP contribution in [0.4, 0.5) is 5.69 Å². The molecule has 1 aliphatic rings. The molecule has 1 aromatic rings. The highest BCUT2D eigenvalue weighted by Crippen LogP contribution is 2.28. The number of aliphatic carboxylic acids is 1. The van der Waals surface area contributed by atoms with E-state index in [1.165, 1.54) is 12.8 Å². The van der Waals surface area contributed by atoms with Gasteiger partial charge in [-0.25, -0.2) is 0 Å². The zero-order valence-electron chi connectivity index (χ0n) is 11.1. The molecule has 0 aromatic heterocycles. The van der Waals surface area contributed by atoms with Gasteiger partial charge in [0.2, 0.25) is 0 Å². The van der Waals surface area contributed by atoms with Gasteiger partial charge in [0.05, 0.1) is 7.11 Å². The van der Waals surface area contributed by atoms with Crippen LogP contribution in [0.15, 0.2) is 18.2 Å². The third kappa shape index (κ3) is 3.17. The Balaban J connectivity index is 2.22. The Hall–Kier alpha value is -1.75. The van der Waals surface area contributed by atoms with Crippen LogP contribution in [0.25, 0.3) is 0 Å². The predicted octanol–water partition coefficient (Wildman–Crippen LogP) is 1.25. The second-order valence-corrected chi connectivity index (χ2v) is 4.84. The third-order valence-electron chi connectivity index (χ3n) is 3.49. The summed E-state index contributed by atoms with van der Waals surface area (Å²) >= 11 is 0. The van der Waals surface area contributed by atoms with Crippen molar-refractivity contribution in [1.82, 2.24) is 0 Å². The van der Waals surface area contributed by atoms with Gasteiger partial charge in [-0.05, 0) is 36.6 Å². The summed E-state index contributed by atoms with van der Waals surface area (Å²) in [5.74, 6) is -0.298. The van der Waals surface area contributed by atoms with Crippen LogP contribution in [0.2, 0.25) is 0 Å². The monoisotopic (exact) mass is 264 g/mol. The van der Waals surface area contributed by atoms with Crippen LogP contribution in [-0.2, 0) is 11.2 Å². The summed E-state index contributed by atoms with van der Waals surface area (Å²) in [6.45, 7) is 2.10. The number of benzene rings is 1. The maximum Gasteiger partial charge on any atom is 0.320 e. The fraction of sp³-hybridized carbons (Fsp3) is 0.500. The quantitative estimate of drug-likeness (QED) is 0.837. The van der Waals surface area contributed by atoms with Crippen LogP contribution < -0.4 is 15.4 Å². The Morgan fingerprint density at radius 1 is 1.47 bits per heavy atom. The molecule has 0 spiro atoms. The van der Waals surface area contributed by atoms with E-state index in [1.54, 1.807) is 7.11 Å². The first kappa shape index (κ1) is 13.7. The van der Waals surface area contributed by atoms with Crippen molar-refractivity contribution < 1.29 is 14.6 Å². The van der Waals surface area contributed by atoms with Crippen molar-refractivity contribution in [2.24, 2.45) is 5.73 Å². The molecule has 0 aliphatic carbocycles. The Labute approximate surface area is 113 Å². The zero-order valence-corrected chi connectivity index (χ0v) is 11.1. The Morgan fingerprint density at radius 2 is 2.16 bits per heavy atom. The first-order valence-electron chi connectivity index (χ1n) is 6.52. The second-order valence-electron chi connectivity index (χ2n) is 4.84. The van der Waals surface area contributed by atoms with E-state index in [0.717, 1.165) is 24.3 Å². The fourth-order valence-corrected chi connectivity index (χ4v) is 2.42. The normalized spacial score (nSPS) is 16.4. The molecule has 1 heterocycles. The maximum absolute atomic E-state index is 10.9. The molecule has 104 valence electrons. The molecule has 19 heavy (non-hydrogen) atoms. The summed E-state index contributed by atoms with van der Waals surface area (Å²) in [4.78, 5) is 13.2. The summed E-state index contributed by atoms with van der Waals surface area (Å²) in [7, 11) is 1.58. The van der Waals surface area contributed by atoms with Gasteiger partial charge >= 0.3 is 5.97 Å². The summed E-state index contributed by atoms with van der Waals surface area (Å²) < 4.78 is 5.28. The molecule has 1 saturated heterocycles. The number of rotatable bonds is 5. The van der Waals surface area contributed by atoms with Crippen molar-refractivity contribution in [3.8, 4) is 5.75 Å². The molecule has 1 aromatic carbocycles. The van der Waals surface area contributed by atoms with Gasteiger partial charge in [-0.15, -0.1) is 0 Å². The smallest absolute Gasteiger partial charge is 0.320 e. The lowest BCUT2D eigenvalue weighted by Crippen LogP contribution is -2.32. The number of methoxy groups -OCH3 is 1. The zero-order chi connectivity index (χ0) is 13.8. The number of hydrogen-bond donors (Lipinski definition) is 2. The summed E-state index contributed by atoms with van der Waals surface area (Å²) in [6, 6.07) is 4.99. The molecule has 0 radical (unpaired) electrons. The van der Waals surface area contributed by atoms with E-state index in [2.05, 4.69) is 4.90 Å². The standard InChI is InChI=1S/C14H20N2O3/c1-19-13-5-4-11(16-6-2-3-7-16)8-10(13)9-12(15)14(17)18/h4-5,8,12H,2-3,6-7,9,15H2,1H3,(H,17,18). The molecule has 1 atom stereocenters. The van der Waals surface area contributed by atoms with Gasteiger partial charge < -0.3 is 20.5 Å². The maximum atomic E-state index is 10.9. The molecule has 0 saturated carbocycles. The molecule has 5 heteroatoms. The molecule has 5 nitrogen and oxygen atoms in total. The van der Waals surface area contributed by atoms with Gasteiger partial charge in [0.15, 0.2) is 0 Å². The van der Waals surface area contributed by atoms with Gasteiger partial charge in [-0.2, -0.15) is 0 Å². The molecule has 2 rings (SSSR count). The van der Waals surface area contributed by atoms with Gasteiger partial charge in [0, 0.05) is 25.2 Å². The van der Waals surface area contributed by atoms with Crippen LogP contribution in [0.5, 0.6) is 5.75 Å². The topological polar surface area (TPSA) is 75.8 Å². The third-order valence-corrected chi connectivity index (χ3v) is 3.49. The van der Waals surface area contributed by atoms with Crippen LogP contribution >= 0.6 is 0 Å². The van der Waals surface area contributed by atoms with Crippen molar-refractivity contribution in [3.63, 3.8) is 0 Å². The van der Waals surface area contributed by atoms with E-state index in [9.17, 15) is 4.79 Å². The van der Waals surface area contributed by atoms with Gasteiger partial charge in [-0.1, -0.05) is 0 Å². The van der Waals surface area contributed by atoms with E-state index in [1.807, 2.05) is 18.2 Å². The number of anilines is 1. The van der Waals surface area contributed by atoms with Gasteiger partial charge in [0.25, 0.3) is 0 Å². The molecule has 0 amide bonds. The first-order chi connectivity index (χ1) is 9.11. The van der Waals surface area contributed by atoms with Crippen LogP contribution in [0, 0.1) is 0 Å². The van der Waals surface area contributed by atoms with E-state index >= 15 is 0 Å². The highest BCUT2D eigenvalue weighted by molar-refractivity contribution is 5.74. The van der Waals surface area contributed by atoms with Crippen LogP contribution in [-0.4, -0.2) is 37.3 Å². The van der Waals surface area contributed by atoms with Crippen molar-refractivity contribution in [3.05, 3.63) is 23.8 Å². The number of hydrogen-bond acceptors (Lipinski definition) is 4. The van der Waals surface area contributed by atoms with E-state index in [4.69, 9.17) is 15.6 Å². The Kier molecular flexibility index (Phi) is 4.27. The predicted molar refractivity (Wildman–Crippen MR) is 73.8 cm³/mol. The highest BCUT2D eigenvalue weighted by Gasteiger charge is 2.18. The number of nitrogens with zero attached hydrogens (tertiary/aromatic N) is 1. The van der Waals surface area contributed by atoms with Crippen molar-refractivity contribution >= 4 is 11.7 Å². The summed E-state index contributed by atoms with van der Waals surface area (Å²) in [6.07, 6.45) is 2.69. The Morgan fingerprint density at radius 3 is 2.74 bits per heavy atom. The highest BCUT2D eigenvalue weighted by atomic mass is 16.5. The van der Waals surface area contributed by atoms with Crippen LogP contribution in [0.1, 0.15) is 18.4 Å². The minimum atomic E-state index is -0.992. The molecule has 1 fully saturated rings. The first-order valence-corrected chi connectivity index (χ1v) is 6.52. The molecule has 3 N–H and O–H groups in total. The average molecular weight is 264 g/mol. The largest absolute Gasteiger partial charge is 0.496 e. The van der Waals surface area contributed by atoms with E-state index < -0.39 is 12.0 Å². The number of carboxylic acid groups (broad SMARTS) is 1. The number of carbonyl (C=O) groups is 1. The van der Waals surface area contributed by atoms with Crippen molar-refractivity contribution in [1.29, 1.82) is 0 Å².